The summed E-state index contributed by atoms with van der Waals surface area (Å²) in [5.41, 5.74) is 4.90. The molecule has 49 heavy (non-hydrogen) atoms. The van der Waals surface area contributed by atoms with Crippen LogP contribution in [0.2, 0.25) is 0 Å². The van der Waals surface area contributed by atoms with Crippen LogP contribution >= 0.6 is 11.3 Å². The second kappa shape index (κ2) is 14.9. The van der Waals surface area contributed by atoms with Gasteiger partial charge in [-0.05, 0) is 98.1 Å². The summed E-state index contributed by atoms with van der Waals surface area (Å²) in [6.45, 7) is 8.81. The number of rotatable bonds is 9. The van der Waals surface area contributed by atoms with Crippen molar-refractivity contribution in [3.05, 3.63) is 88.1 Å². The molecule has 3 N–H and O–H groups in total. The van der Waals surface area contributed by atoms with Crippen LogP contribution in [0.3, 0.4) is 0 Å². The number of methoxy groups -OCH3 is 1. The van der Waals surface area contributed by atoms with Gasteiger partial charge in [0.1, 0.15) is 11.3 Å². The third-order valence-electron chi connectivity index (χ3n) is 7.88. The minimum Gasteiger partial charge on any atom is -0.464 e. The number of amides is 3. The average molecular weight is 684 g/mol. The van der Waals surface area contributed by atoms with Gasteiger partial charge in [-0.3, -0.25) is 9.59 Å². The summed E-state index contributed by atoms with van der Waals surface area (Å²) in [4.78, 5) is 59.8. The van der Waals surface area contributed by atoms with Gasteiger partial charge >= 0.3 is 12.1 Å². The average Bonchev–Trinajstić information content (AvgIpc) is 3.51. The zero-order valence-electron chi connectivity index (χ0n) is 28.6. The summed E-state index contributed by atoms with van der Waals surface area (Å²) in [6, 6.07) is 16.2. The first-order valence-corrected chi connectivity index (χ1v) is 17.0. The number of ether oxygens (including phenoxy) is 2. The van der Waals surface area contributed by atoms with Gasteiger partial charge in [-0.1, -0.05) is 19.1 Å². The first kappa shape index (κ1) is 35.1. The maximum absolute atomic E-state index is 14.2. The predicted octanol–water partition coefficient (Wildman–Crippen LogP) is 6.67. The summed E-state index contributed by atoms with van der Waals surface area (Å²) in [7, 11) is 3.25. The number of likely N-dealkylation sites (N-methyl/N-ethyl adjacent to an activating group) is 1. The molecule has 2 aromatic heterocycles. The van der Waals surface area contributed by atoms with Gasteiger partial charge in [0.2, 0.25) is 0 Å². The fourth-order valence-corrected chi connectivity index (χ4v) is 6.43. The maximum atomic E-state index is 14.2. The molecule has 12 heteroatoms. The molecule has 4 aromatic rings. The molecule has 0 spiro atoms. The van der Waals surface area contributed by atoms with Crippen molar-refractivity contribution in [3.63, 3.8) is 0 Å². The molecule has 11 nitrogen and oxygen atoms in total. The smallest absolute Gasteiger partial charge is 0.407 e. The fraction of sp³-hybridized carbons (Fsp3) is 0.324. The van der Waals surface area contributed by atoms with Crippen LogP contribution < -0.4 is 20.9 Å². The molecule has 0 saturated heterocycles. The number of aromatic nitrogens is 1. The maximum Gasteiger partial charge on any atom is 0.407 e. The number of carbonyl (C=O) groups is 4. The van der Waals surface area contributed by atoms with Gasteiger partial charge in [0.25, 0.3) is 11.8 Å². The molecule has 1 aliphatic rings. The normalized spacial score (nSPS) is 12.2. The number of benzene rings is 2. The number of fused-ring (bicyclic) bond motifs is 3. The molecule has 0 fully saturated rings. The lowest BCUT2D eigenvalue weighted by Gasteiger charge is -2.23. The Bertz CT molecular complexity index is 1880. The van der Waals surface area contributed by atoms with Gasteiger partial charge < -0.3 is 30.3 Å². The van der Waals surface area contributed by atoms with Crippen molar-refractivity contribution in [1.82, 2.24) is 15.6 Å². The predicted molar refractivity (Wildman–Crippen MR) is 191 cm³/mol. The summed E-state index contributed by atoms with van der Waals surface area (Å²) in [6.07, 6.45) is 1.06. The Kier molecular flexibility index (Phi) is 10.7. The number of hydrogen-bond acceptors (Lipinski definition) is 9. The number of carbonyl (C=O) groups excluding carboxylic acids is 4. The van der Waals surface area contributed by atoms with Crippen molar-refractivity contribution < 1.29 is 28.7 Å². The SMILES string of the molecule is CCCNC(=O)c1ccc(-c2cc3c(cc2C(=O)Nc2ccc(CNC(=O)OC(C)(C)C)cc2)-c2sccc2CCN3C)c(C(=O)OC)n1. The zero-order chi connectivity index (χ0) is 35.3. The van der Waals surface area contributed by atoms with E-state index in [0.717, 1.165) is 41.1 Å². The van der Waals surface area contributed by atoms with Crippen LogP contribution in [0.25, 0.3) is 21.6 Å². The third-order valence-corrected chi connectivity index (χ3v) is 8.87. The van der Waals surface area contributed by atoms with Gasteiger partial charge in [0, 0.05) is 59.6 Å². The molecule has 2 aromatic carbocycles. The zero-order valence-corrected chi connectivity index (χ0v) is 29.4. The standard InChI is InChI=1S/C37H41N5O6S/c1-7-16-38-34(44)29-13-12-25(31(41-29)35(45)47-6)26-20-30-28(32-23(15-18-49-32)14-17-42(30)5)19-27(26)33(43)40-24-10-8-22(9-11-24)21-39-36(46)48-37(2,3)4/h8-13,15,18-20H,7,14,16-17,21H2,1-6H3,(H,38,44)(H,39,46)(H,40,43). The Balaban J connectivity index is 1.54. The van der Waals surface area contributed by atoms with Gasteiger partial charge in [0.15, 0.2) is 5.69 Å². The van der Waals surface area contributed by atoms with E-state index in [-0.39, 0.29) is 17.9 Å². The van der Waals surface area contributed by atoms with E-state index in [4.69, 9.17) is 9.47 Å². The molecule has 0 bridgehead atoms. The van der Waals surface area contributed by atoms with E-state index >= 15 is 0 Å². The third kappa shape index (κ3) is 8.26. The minimum atomic E-state index is -0.731. The molecular weight excluding hydrogens is 643 g/mol. The summed E-state index contributed by atoms with van der Waals surface area (Å²) < 4.78 is 10.4. The topological polar surface area (TPSA) is 139 Å². The quantitative estimate of drug-likeness (QED) is 0.166. The molecular formula is C37H41N5O6S. The van der Waals surface area contributed by atoms with E-state index in [2.05, 4.69) is 31.9 Å². The second-order valence-electron chi connectivity index (χ2n) is 12.7. The van der Waals surface area contributed by atoms with Crippen LogP contribution in [-0.4, -0.2) is 61.7 Å². The van der Waals surface area contributed by atoms with E-state index in [1.54, 1.807) is 68.5 Å². The van der Waals surface area contributed by atoms with Crippen LogP contribution in [0.5, 0.6) is 0 Å². The molecule has 3 heterocycles. The number of hydrogen-bond donors (Lipinski definition) is 3. The van der Waals surface area contributed by atoms with Crippen LogP contribution in [0.15, 0.2) is 60.0 Å². The van der Waals surface area contributed by atoms with Crippen LogP contribution in [0.4, 0.5) is 16.2 Å². The molecule has 0 saturated carbocycles. The summed E-state index contributed by atoms with van der Waals surface area (Å²) in [5, 5.41) is 10.6. The van der Waals surface area contributed by atoms with Gasteiger partial charge in [-0.2, -0.15) is 0 Å². The number of nitrogens with one attached hydrogen (secondary N) is 3. The van der Waals surface area contributed by atoms with Crippen molar-refractivity contribution in [2.45, 2.75) is 52.7 Å². The first-order chi connectivity index (χ1) is 23.4. The highest BCUT2D eigenvalue weighted by Gasteiger charge is 2.27. The first-order valence-electron chi connectivity index (χ1n) is 16.1. The Morgan fingerprint density at radius 1 is 0.939 bits per heavy atom. The Morgan fingerprint density at radius 2 is 1.69 bits per heavy atom. The number of anilines is 2. The molecule has 0 aliphatic carbocycles. The van der Waals surface area contributed by atoms with E-state index in [0.29, 0.717) is 28.9 Å². The van der Waals surface area contributed by atoms with Crippen LogP contribution in [0.1, 0.15) is 76.6 Å². The number of nitrogens with zero attached hydrogens (tertiary/aromatic N) is 2. The van der Waals surface area contributed by atoms with E-state index in [1.165, 1.54) is 12.7 Å². The number of pyridine rings is 1. The van der Waals surface area contributed by atoms with Gasteiger partial charge in [0.05, 0.1) is 7.11 Å². The lowest BCUT2D eigenvalue weighted by molar-refractivity contribution is 0.0522. The van der Waals surface area contributed by atoms with E-state index in [1.807, 2.05) is 31.5 Å². The molecule has 0 unspecified atom stereocenters. The van der Waals surface area contributed by atoms with Crippen molar-refractivity contribution in [2.75, 3.05) is 37.5 Å². The highest BCUT2D eigenvalue weighted by atomic mass is 32.1. The largest absolute Gasteiger partial charge is 0.464 e. The Labute approximate surface area is 290 Å². The Hall–Kier alpha value is -5.23. The lowest BCUT2D eigenvalue weighted by atomic mass is 9.93. The van der Waals surface area contributed by atoms with Crippen LogP contribution in [-0.2, 0) is 22.4 Å². The molecule has 256 valence electrons. The summed E-state index contributed by atoms with van der Waals surface area (Å²) in [5.74, 6) is -1.54. The monoisotopic (exact) mass is 683 g/mol. The number of alkyl carbamates (subject to hydrolysis) is 1. The molecule has 0 radical (unpaired) electrons. The number of esters is 1. The van der Waals surface area contributed by atoms with Crippen molar-refractivity contribution in [3.8, 4) is 21.6 Å². The highest BCUT2D eigenvalue weighted by Crippen LogP contribution is 2.43. The second-order valence-corrected chi connectivity index (χ2v) is 13.6. The molecule has 0 atom stereocenters. The van der Waals surface area contributed by atoms with Crippen LogP contribution in [0, 0.1) is 0 Å². The van der Waals surface area contributed by atoms with E-state index < -0.39 is 29.5 Å². The van der Waals surface area contributed by atoms with Gasteiger partial charge in [-0.15, -0.1) is 11.3 Å². The minimum absolute atomic E-state index is 0.0694. The molecule has 5 rings (SSSR count). The lowest BCUT2D eigenvalue weighted by Crippen LogP contribution is -2.32. The number of thiophene rings is 1. The molecule has 1 aliphatic heterocycles. The summed E-state index contributed by atoms with van der Waals surface area (Å²) >= 11 is 1.62. The van der Waals surface area contributed by atoms with Crippen molar-refractivity contribution in [1.29, 1.82) is 0 Å². The highest BCUT2D eigenvalue weighted by molar-refractivity contribution is 7.13. The Morgan fingerprint density at radius 3 is 2.39 bits per heavy atom. The van der Waals surface area contributed by atoms with Gasteiger partial charge in [-0.25, -0.2) is 14.6 Å². The fourth-order valence-electron chi connectivity index (χ4n) is 5.45. The van der Waals surface area contributed by atoms with Crippen molar-refractivity contribution >= 4 is 46.6 Å². The molecule has 3 amide bonds. The van der Waals surface area contributed by atoms with E-state index in [9.17, 15) is 19.2 Å². The van der Waals surface area contributed by atoms with Crippen molar-refractivity contribution in [2.24, 2.45) is 0 Å².